The Labute approximate surface area is 313 Å². The van der Waals surface area contributed by atoms with Crippen LogP contribution in [0.15, 0.2) is 176 Å². The SMILES string of the molecule is c1ccc2c(c1)ccc1c2c2ccc3ccccc3c2n1-c1cc2c3ccccc3n(-c3nc4ccccc4c4nc5ccccc5n34)c2c2ccccc12. The summed E-state index contributed by atoms with van der Waals surface area (Å²) >= 11 is 0. The van der Waals surface area contributed by atoms with Crippen LogP contribution in [0.25, 0.3) is 115 Å². The lowest BCUT2D eigenvalue weighted by molar-refractivity contribution is 0.981. The van der Waals surface area contributed by atoms with E-state index in [4.69, 9.17) is 9.97 Å². The number of imidazole rings is 1. The van der Waals surface area contributed by atoms with Crippen molar-refractivity contribution >= 4 is 104 Å². The molecule has 0 saturated carbocycles. The molecule has 0 spiro atoms. The zero-order valence-electron chi connectivity index (χ0n) is 29.5. The summed E-state index contributed by atoms with van der Waals surface area (Å²) < 4.78 is 7.15. The van der Waals surface area contributed by atoms with Crippen molar-refractivity contribution in [1.29, 1.82) is 0 Å². The van der Waals surface area contributed by atoms with E-state index in [2.05, 4.69) is 189 Å². The molecule has 0 N–H and O–H groups in total. The van der Waals surface area contributed by atoms with Crippen LogP contribution < -0.4 is 0 Å². The van der Waals surface area contributed by atoms with Crippen molar-refractivity contribution in [3.63, 3.8) is 0 Å². The van der Waals surface area contributed by atoms with Gasteiger partial charge in [-0.3, -0.25) is 8.97 Å². The van der Waals surface area contributed by atoms with E-state index in [-0.39, 0.29) is 0 Å². The summed E-state index contributed by atoms with van der Waals surface area (Å²) in [7, 11) is 0. The predicted octanol–water partition coefficient (Wildman–Crippen LogP) is 12.7. The van der Waals surface area contributed by atoms with Gasteiger partial charge in [0.15, 0.2) is 0 Å². The normalized spacial score (nSPS) is 12.4. The van der Waals surface area contributed by atoms with Gasteiger partial charge in [0.05, 0.1) is 44.3 Å². The van der Waals surface area contributed by atoms with Crippen molar-refractivity contribution in [2.75, 3.05) is 0 Å². The van der Waals surface area contributed by atoms with Gasteiger partial charge in [-0.05, 0) is 58.6 Å². The first-order valence-electron chi connectivity index (χ1n) is 18.8. The van der Waals surface area contributed by atoms with Crippen LogP contribution in [0.1, 0.15) is 0 Å². The first-order chi connectivity index (χ1) is 27.3. The molecule has 4 aromatic heterocycles. The Morgan fingerprint density at radius 2 is 0.945 bits per heavy atom. The summed E-state index contributed by atoms with van der Waals surface area (Å²) in [5.41, 5.74) is 9.58. The Balaban J connectivity index is 1.25. The first-order valence-corrected chi connectivity index (χ1v) is 18.8. The number of benzene rings is 9. The van der Waals surface area contributed by atoms with Crippen LogP contribution in [-0.4, -0.2) is 23.5 Å². The van der Waals surface area contributed by atoms with Crippen molar-refractivity contribution in [2.45, 2.75) is 0 Å². The summed E-state index contributed by atoms with van der Waals surface area (Å²) in [6.45, 7) is 0. The molecule has 0 aliphatic heterocycles. The molecule has 13 aromatic rings. The minimum atomic E-state index is 0.820. The number of aromatic nitrogens is 5. The molecule has 0 atom stereocenters. The largest absolute Gasteiger partial charge is 0.308 e. The van der Waals surface area contributed by atoms with Gasteiger partial charge >= 0.3 is 0 Å². The van der Waals surface area contributed by atoms with Crippen molar-refractivity contribution in [1.82, 2.24) is 23.5 Å². The van der Waals surface area contributed by atoms with Crippen LogP contribution in [-0.2, 0) is 0 Å². The van der Waals surface area contributed by atoms with Crippen molar-refractivity contribution in [2.24, 2.45) is 0 Å². The summed E-state index contributed by atoms with van der Waals surface area (Å²) in [6, 6.07) is 63.6. The molecule has 5 heteroatoms. The van der Waals surface area contributed by atoms with Gasteiger partial charge in [-0.15, -0.1) is 0 Å². The van der Waals surface area contributed by atoms with Crippen LogP contribution in [0.4, 0.5) is 0 Å². The van der Waals surface area contributed by atoms with Crippen LogP contribution in [0.3, 0.4) is 0 Å². The fourth-order valence-corrected chi connectivity index (χ4v) is 9.47. The minimum absolute atomic E-state index is 0.820. The van der Waals surface area contributed by atoms with Crippen molar-refractivity contribution in [3.05, 3.63) is 176 Å². The van der Waals surface area contributed by atoms with Crippen LogP contribution in [0.5, 0.6) is 0 Å². The highest BCUT2D eigenvalue weighted by Gasteiger charge is 2.24. The Morgan fingerprint density at radius 3 is 1.78 bits per heavy atom. The second kappa shape index (κ2) is 10.6. The summed E-state index contributed by atoms with van der Waals surface area (Å²) in [5.74, 6) is 0.820. The molecule has 0 saturated heterocycles. The highest BCUT2D eigenvalue weighted by atomic mass is 15.2. The van der Waals surface area contributed by atoms with Gasteiger partial charge < -0.3 is 4.57 Å². The maximum absolute atomic E-state index is 5.47. The third kappa shape index (κ3) is 3.76. The van der Waals surface area contributed by atoms with Gasteiger partial charge in [-0.2, -0.15) is 0 Å². The van der Waals surface area contributed by atoms with E-state index < -0.39 is 0 Å². The third-order valence-electron chi connectivity index (χ3n) is 11.8. The van der Waals surface area contributed by atoms with Gasteiger partial charge in [0.25, 0.3) is 0 Å². The molecular weight excluding hydrogens is 671 g/mol. The average Bonchev–Trinajstić information content (AvgIpc) is 3.92. The monoisotopic (exact) mass is 699 g/mol. The van der Waals surface area contributed by atoms with Crippen molar-refractivity contribution < 1.29 is 0 Å². The molecule has 0 aliphatic carbocycles. The molecule has 254 valence electrons. The topological polar surface area (TPSA) is 40.0 Å². The molecule has 9 aromatic carbocycles. The number of rotatable bonds is 2. The molecule has 0 bridgehead atoms. The van der Waals surface area contributed by atoms with Crippen molar-refractivity contribution in [3.8, 4) is 11.6 Å². The number of hydrogen-bond acceptors (Lipinski definition) is 2. The molecule has 0 amide bonds. The van der Waals surface area contributed by atoms with Crippen LogP contribution >= 0.6 is 0 Å². The number of fused-ring (bicyclic) bond motifs is 17. The van der Waals surface area contributed by atoms with E-state index in [1.807, 2.05) is 0 Å². The second-order valence-electron chi connectivity index (χ2n) is 14.6. The average molecular weight is 700 g/mol. The highest BCUT2D eigenvalue weighted by Crippen LogP contribution is 2.45. The van der Waals surface area contributed by atoms with E-state index in [0.717, 1.165) is 55.6 Å². The lowest BCUT2D eigenvalue weighted by Gasteiger charge is -2.16. The molecule has 55 heavy (non-hydrogen) atoms. The summed E-state index contributed by atoms with van der Waals surface area (Å²) in [6.07, 6.45) is 0. The Bertz CT molecular complexity index is 3790. The summed E-state index contributed by atoms with van der Waals surface area (Å²) in [5, 5.41) is 13.2. The molecule has 5 nitrogen and oxygen atoms in total. The maximum atomic E-state index is 5.47. The van der Waals surface area contributed by atoms with Crippen LogP contribution in [0.2, 0.25) is 0 Å². The fraction of sp³-hybridized carbons (Fsp3) is 0. The maximum Gasteiger partial charge on any atom is 0.221 e. The second-order valence-corrected chi connectivity index (χ2v) is 14.6. The molecule has 0 aliphatic rings. The van der Waals surface area contributed by atoms with Gasteiger partial charge in [0, 0.05) is 43.1 Å². The Kier molecular flexibility index (Phi) is 5.57. The zero-order chi connectivity index (χ0) is 35.8. The fourth-order valence-electron chi connectivity index (χ4n) is 9.47. The third-order valence-corrected chi connectivity index (χ3v) is 11.8. The smallest absolute Gasteiger partial charge is 0.221 e. The Morgan fingerprint density at radius 1 is 0.345 bits per heavy atom. The van der Waals surface area contributed by atoms with E-state index in [1.165, 1.54) is 59.5 Å². The number of hydrogen-bond donors (Lipinski definition) is 0. The quantitative estimate of drug-likeness (QED) is 0.180. The molecule has 13 rings (SSSR count). The van der Waals surface area contributed by atoms with Gasteiger partial charge in [-0.1, -0.05) is 133 Å². The standard InChI is InChI=1S/C50H29N5/c1-3-15-32-30(13-1)26-28-44-46(32)38-27-25-31-14-2-4-16-33(31)47(38)53(44)45-29-39-35-18-8-11-23-42(35)54(48(39)36-19-6-5-17-34(36)45)50-52-40-21-9-7-20-37(40)49-51-41-22-10-12-24-43(41)55(49)50/h1-29H. The minimum Gasteiger partial charge on any atom is -0.308 e. The molecule has 4 heterocycles. The number of para-hydroxylation sites is 4. The van der Waals surface area contributed by atoms with Gasteiger partial charge in [-0.25, -0.2) is 9.97 Å². The van der Waals surface area contributed by atoms with E-state index in [9.17, 15) is 0 Å². The Hall–Kier alpha value is -7.50. The molecular formula is C50H29N5. The lowest BCUT2D eigenvalue weighted by Crippen LogP contribution is -2.07. The lowest BCUT2D eigenvalue weighted by atomic mass is 10.0. The number of nitrogens with zero attached hydrogens (tertiary/aromatic N) is 5. The molecule has 0 fully saturated rings. The zero-order valence-corrected chi connectivity index (χ0v) is 29.5. The molecule has 0 radical (unpaired) electrons. The van der Waals surface area contributed by atoms with E-state index >= 15 is 0 Å². The van der Waals surface area contributed by atoms with Crippen LogP contribution in [0, 0.1) is 0 Å². The summed E-state index contributed by atoms with van der Waals surface area (Å²) in [4.78, 5) is 10.7. The predicted molar refractivity (Wildman–Crippen MR) is 229 cm³/mol. The highest BCUT2D eigenvalue weighted by molar-refractivity contribution is 6.28. The van der Waals surface area contributed by atoms with E-state index in [1.54, 1.807) is 0 Å². The first kappa shape index (κ1) is 29.0. The van der Waals surface area contributed by atoms with Gasteiger partial charge in [0.2, 0.25) is 5.95 Å². The van der Waals surface area contributed by atoms with Gasteiger partial charge in [0.1, 0.15) is 5.65 Å². The molecule has 0 unspecified atom stereocenters. The van der Waals surface area contributed by atoms with E-state index in [0.29, 0.717) is 0 Å².